The summed E-state index contributed by atoms with van der Waals surface area (Å²) in [6, 6.07) is 6.93. The number of nitrogens with one attached hydrogen (secondary N) is 1. The lowest BCUT2D eigenvalue weighted by Crippen LogP contribution is -2.22. The second kappa shape index (κ2) is 8.46. The Kier molecular flexibility index (Phi) is 7.28. The van der Waals surface area contributed by atoms with Gasteiger partial charge in [0.25, 0.3) is 0 Å². The van der Waals surface area contributed by atoms with Gasteiger partial charge in [-0.1, -0.05) is 13.0 Å². The molecule has 0 aliphatic carbocycles. The Morgan fingerprint density at radius 2 is 2.10 bits per heavy atom. The molecule has 0 saturated carbocycles. The van der Waals surface area contributed by atoms with Gasteiger partial charge in [0, 0.05) is 18.5 Å². The molecule has 0 aliphatic heterocycles. The number of anilines is 1. The molecule has 7 heteroatoms. The smallest absolute Gasteiger partial charge is 0.233 e. The molecule has 1 aromatic rings. The predicted molar refractivity (Wildman–Crippen MR) is 87.8 cm³/mol. The number of likely N-dealkylation sites (N-methyl/N-ethyl adjacent to an activating group) is 1. The van der Waals surface area contributed by atoms with E-state index in [-0.39, 0.29) is 11.7 Å². The lowest BCUT2D eigenvalue weighted by atomic mass is 10.3. The Labute approximate surface area is 132 Å². The largest absolute Gasteiger partial charge is 0.492 e. The van der Waals surface area contributed by atoms with Gasteiger partial charge in [0.05, 0.1) is 11.4 Å². The van der Waals surface area contributed by atoms with E-state index in [2.05, 4.69) is 4.72 Å². The van der Waals surface area contributed by atoms with E-state index in [0.717, 1.165) is 6.54 Å². The van der Waals surface area contributed by atoms with Crippen LogP contribution in [-0.4, -0.2) is 52.2 Å². The minimum absolute atomic E-state index is 0.00220. The van der Waals surface area contributed by atoms with Crippen LogP contribution in [0.25, 0.3) is 0 Å². The molecule has 0 fully saturated rings. The Hall–Kier alpha value is -0.980. The summed E-state index contributed by atoms with van der Waals surface area (Å²) in [7, 11) is 0.534. The fraction of sp³-hybridized carbons (Fsp3) is 0.571. The van der Waals surface area contributed by atoms with Crippen LogP contribution in [0.2, 0.25) is 0 Å². The average Bonchev–Trinajstić information content (AvgIpc) is 2.37. The maximum atomic E-state index is 12.0. The van der Waals surface area contributed by atoms with Crippen LogP contribution in [0.15, 0.2) is 24.3 Å². The van der Waals surface area contributed by atoms with Crippen molar-refractivity contribution in [1.29, 1.82) is 0 Å². The van der Waals surface area contributed by atoms with Gasteiger partial charge in [-0.3, -0.25) is 4.72 Å². The SMILES string of the molecule is CC(CCl)CS(=O)(=O)Nc1cccc(OCCN(C)C)c1. The fourth-order valence-corrected chi connectivity index (χ4v) is 3.31. The zero-order valence-electron chi connectivity index (χ0n) is 12.7. The number of hydrogen-bond donors (Lipinski definition) is 1. The van der Waals surface area contributed by atoms with Crippen molar-refractivity contribution in [3.63, 3.8) is 0 Å². The zero-order valence-corrected chi connectivity index (χ0v) is 14.2. The normalized spacial score (nSPS) is 13.2. The van der Waals surface area contributed by atoms with E-state index in [1.165, 1.54) is 0 Å². The van der Waals surface area contributed by atoms with Crippen LogP contribution in [0, 0.1) is 5.92 Å². The van der Waals surface area contributed by atoms with Crippen LogP contribution in [0.4, 0.5) is 5.69 Å². The predicted octanol–water partition coefficient (Wildman–Crippen LogP) is 2.24. The Bertz CT molecular complexity index is 535. The number of rotatable bonds is 9. The summed E-state index contributed by atoms with van der Waals surface area (Å²) in [6.45, 7) is 3.14. The van der Waals surface area contributed by atoms with Gasteiger partial charge in [-0.05, 0) is 32.1 Å². The summed E-state index contributed by atoms with van der Waals surface area (Å²) >= 11 is 5.65. The van der Waals surface area contributed by atoms with E-state index in [1.807, 2.05) is 19.0 Å². The maximum Gasteiger partial charge on any atom is 0.233 e. The first-order chi connectivity index (χ1) is 9.82. The zero-order chi connectivity index (χ0) is 15.9. The van der Waals surface area contributed by atoms with Gasteiger partial charge in [0.1, 0.15) is 12.4 Å². The summed E-state index contributed by atoms with van der Waals surface area (Å²) in [6.07, 6.45) is 0. The summed E-state index contributed by atoms with van der Waals surface area (Å²) in [5.41, 5.74) is 0.499. The molecular formula is C14H23ClN2O3S. The Morgan fingerprint density at radius 1 is 1.38 bits per heavy atom. The van der Waals surface area contributed by atoms with E-state index in [4.69, 9.17) is 16.3 Å². The fourth-order valence-electron chi connectivity index (χ4n) is 1.64. The molecule has 0 saturated heterocycles. The molecule has 0 bridgehead atoms. The van der Waals surface area contributed by atoms with Crippen molar-refractivity contribution in [2.24, 2.45) is 5.92 Å². The van der Waals surface area contributed by atoms with Crippen LogP contribution >= 0.6 is 11.6 Å². The Balaban J connectivity index is 2.63. The highest BCUT2D eigenvalue weighted by Gasteiger charge is 2.15. The lowest BCUT2D eigenvalue weighted by Gasteiger charge is -2.13. The van der Waals surface area contributed by atoms with Crippen molar-refractivity contribution in [1.82, 2.24) is 4.90 Å². The first-order valence-electron chi connectivity index (χ1n) is 6.76. The van der Waals surface area contributed by atoms with Gasteiger partial charge in [0.2, 0.25) is 10.0 Å². The van der Waals surface area contributed by atoms with E-state index < -0.39 is 10.0 Å². The molecule has 5 nitrogen and oxygen atoms in total. The highest BCUT2D eigenvalue weighted by molar-refractivity contribution is 7.92. The number of ether oxygens (including phenoxy) is 1. The minimum atomic E-state index is -3.39. The molecule has 0 radical (unpaired) electrons. The average molecular weight is 335 g/mol. The first kappa shape index (κ1) is 18.1. The van der Waals surface area contributed by atoms with Crippen LogP contribution in [0.5, 0.6) is 5.75 Å². The van der Waals surface area contributed by atoms with Gasteiger partial charge in [-0.2, -0.15) is 0 Å². The highest BCUT2D eigenvalue weighted by atomic mass is 35.5. The number of benzene rings is 1. The number of alkyl halides is 1. The van der Waals surface area contributed by atoms with E-state index in [1.54, 1.807) is 31.2 Å². The van der Waals surface area contributed by atoms with Crippen molar-refractivity contribution in [2.45, 2.75) is 6.92 Å². The van der Waals surface area contributed by atoms with Crippen molar-refractivity contribution < 1.29 is 13.2 Å². The maximum absolute atomic E-state index is 12.0. The molecule has 21 heavy (non-hydrogen) atoms. The third-order valence-electron chi connectivity index (χ3n) is 2.68. The van der Waals surface area contributed by atoms with Crippen molar-refractivity contribution in [2.75, 3.05) is 43.6 Å². The standard InChI is InChI=1S/C14H23ClN2O3S/c1-12(10-15)11-21(18,19)16-13-5-4-6-14(9-13)20-8-7-17(2)3/h4-6,9,12,16H,7-8,10-11H2,1-3H3. The number of sulfonamides is 1. The lowest BCUT2D eigenvalue weighted by molar-refractivity contribution is 0.261. The monoisotopic (exact) mass is 334 g/mol. The third kappa shape index (κ3) is 7.55. The molecule has 0 heterocycles. The van der Waals surface area contributed by atoms with Crippen LogP contribution in [0.1, 0.15) is 6.92 Å². The molecule has 0 spiro atoms. The molecular weight excluding hydrogens is 312 g/mol. The second-order valence-corrected chi connectivity index (χ2v) is 7.40. The van der Waals surface area contributed by atoms with Crippen LogP contribution < -0.4 is 9.46 Å². The van der Waals surface area contributed by atoms with E-state index >= 15 is 0 Å². The van der Waals surface area contributed by atoms with E-state index in [9.17, 15) is 8.42 Å². The summed E-state index contributed by atoms with van der Waals surface area (Å²) < 4.78 is 32.1. The minimum Gasteiger partial charge on any atom is -0.492 e. The molecule has 1 rings (SSSR count). The molecule has 0 amide bonds. The second-order valence-electron chi connectivity index (χ2n) is 5.32. The molecule has 0 aromatic heterocycles. The van der Waals surface area contributed by atoms with Gasteiger partial charge in [-0.15, -0.1) is 11.6 Å². The van der Waals surface area contributed by atoms with E-state index in [0.29, 0.717) is 23.9 Å². The quantitative estimate of drug-likeness (QED) is 0.704. The molecule has 120 valence electrons. The summed E-state index contributed by atoms with van der Waals surface area (Å²) in [5, 5.41) is 0. The number of halogens is 1. The van der Waals surface area contributed by atoms with Crippen molar-refractivity contribution in [3.8, 4) is 5.75 Å². The molecule has 1 atom stereocenters. The van der Waals surface area contributed by atoms with Gasteiger partial charge in [0.15, 0.2) is 0 Å². The van der Waals surface area contributed by atoms with Crippen LogP contribution in [0.3, 0.4) is 0 Å². The molecule has 1 aromatic carbocycles. The van der Waals surface area contributed by atoms with Crippen molar-refractivity contribution >= 4 is 27.3 Å². The van der Waals surface area contributed by atoms with Gasteiger partial charge in [-0.25, -0.2) is 8.42 Å². The number of hydrogen-bond acceptors (Lipinski definition) is 4. The van der Waals surface area contributed by atoms with Crippen LogP contribution in [-0.2, 0) is 10.0 Å². The van der Waals surface area contributed by atoms with Gasteiger partial charge < -0.3 is 9.64 Å². The molecule has 0 aliphatic rings. The first-order valence-corrected chi connectivity index (χ1v) is 8.95. The summed E-state index contributed by atoms with van der Waals surface area (Å²) in [4.78, 5) is 2.01. The van der Waals surface area contributed by atoms with Gasteiger partial charge >= 0.3 is 0 Å². The topological polar surface area (TPSA) is 58.6 Å². The third-order valence-corrected chi connectivity index (χ3v) is 4.76. The number of nitrogens with zero attached hydrogens (tertiary/aromatic N) is 1. The summed E-state index contributed by atoms with van der Waals surface area (Å²) in [5.74, 6) is 0.864. The van der Waals surface area contributed by atoms with Crippen molar-refractivity contribution in [3.05, 3.63) is 24.3 Å². The molecule has 1 unspecified atom stereocenters. The highest BCUT2D eigenvalue weighted by Crippen LogP contribution is 2.19. The Morgan fingerprint density at radius 3 is 2.71 bits per heavy atom. The molecule has 1 N–H and O–H groups in total.